The summed E-state index contributed by atoms with van der Waals surface area (Å²) in [5.41, 5.74) is 1.58. The molecule has 2 bridgehead atoms. The van der Waals surface area contributed by atoms with Crippen LogP contribution in [0.25, 0.3) is 0 Å². The van der Waals surface area contributed by atoms with Crippen LogP contribution in [-0.4, -0.2) is 139 Å². The van der Waals surface area contributed by atoms with E-state index in [1.54, 1.807) is 41.1 Å². The van der Waals surface area contributed by atoms with Gasteiger partial charge in [-0.15, -0.1) is 12.3 Å². The molecular formula is C57H88N2O13. The van der Waals surface area contributed by atoms with E-state index in [1.807, 2.05) is 58.1 Å². The Balaban J connectivity index is 1.70. The molecular weight excluding hydrogens is 921 g/mol. The summed E-state index contributed by atoms with van der Waals surface area (Å²) in [5, 5.41) is 38.0. The highest BCUT2D eigenvalue weighted by Gasteiger charge is 2.53. The molecule has 2 saturated heterocycles. The number of methoxy groups -OCH3 is 3. The third kappa shape index (κ3) is 16.8. The molecule has 3 N–H and O–H groups in total. The predicted molar refractivity (Wildman–Crippen MR) is 276 cm³/mol. The highest BCUT2D eigenvalue weighted by molar-refractivity contribution is 6.39. The van der Waals surface area contributed by atoms with E-state index in [2.05, 4.69) is 11.1 Å². The Hall–Kier alpha value is -4.01. The van der Waals surface area contributed by atoms with Gasteiger partial charge in [-0.25, -0.2) is 4.79 Å². The molecule has 15 heteroatoms. The summed E-state index contributed by atoms with van der Waals surface area (Å²) in [6.07, 6.45) is 20.8. The zero-order valence-electron chi connectivity index (χ0n) is 45.0. The van der Waals surface area contributed by atoms with Crippen molar-refractivity contribution in [3.8, 4) is 12.3 Å². The quantitative estimate of drug-likeness (QED) is 0.0340. The molecule has 404 valence electrons. The van der Waals surface area contributed by atoms with Gasteiger partial charge in [-0.3, -0.25) is 14.4 Å². The van der Waals surface area contributed by atoms with Crippen LogP contribution in [-0.2, 0) is 47.6 Å². The summed E-state index contributed by atoms with van der Waals surface area (Å²) in [4.78, 5) is 58.4. The Bertz CT molecular complexity index is 1970. The summed E-state index contributed by atoms with van der Waals surface area (Å²) in [5.74, 6) is -4.67. The number of oxime groups is 1. The molecule has 72 heavy (non-hydrogen) atoms. The lowest BCUT2D eigenvalue weighted by Gasteiger charge is -2.42. The summed E-state index contributed by atoms with van der Waals surface area (Å²) >= 11 is 0. The molecule has 3 heterocycles. The van der Waals surface area contributed by atoms with Crippen molar-refractivity contribution in [2.24, 2.45) is 40.7 Å². The van der Waals surface area contributed by atoms with Crippen LogP contribution in [0.5, 0.6) is 0 Å². The first-order chi connectivity index (χ1) is 34.3. The fourth-order valence-corrected chi connectivity index (χ4v) is 11.0. The van der Waals surface area contributed by atoms with Crippen molar-refractivity contribution in [3.05, 3.63) is 47.6 Å². The smallest absolute Gasteiger partial charge is 0.329 e. The number of esters is 1. The number of Topliss-reactive ketones (excluding diaryl/α,β-unsaturated/α-hetero) is 2. The van der Waals surface area contributed by atoms with Crippen molar-refractivity contribution in [2.75, 3.05) is 34.5 Å². The van der Waals surface area contributed by atoms with Gasteiger partial charge in [0.25, 0.3) is 11.7 Å². The van der Waals surface area contributed by atoms with E-state index in [0.717, 1.165) is 37.7 Å². The van der Waals surface area contributed by atoms with E-state index in [9.17, 15) is 34.6 Å². The zero-order valence-corrected chi connectivity index (χ0v) is 45.0. The lowest BCUT2D eigenvalue weighted by molar-refractivity contribution is -0.265. The number of carbonyl (C=O) groups excluding carboxylic acids is 4. The van der Waals surface area contributed by atoms with Gasteiger partial charge < -0.3 is 48.7 Å². The molecule has 1 saturated carbocycles. The molecule has 3 aliphatic heterocycles. The Morgan fingerprint density at radius 2 is 1.65 bits per heavy atom. The highest BCUT2D eigenvalue weighted by atomic mass is 16.6. The summed E-state index contributed by atoms with van der Waals surface area (Å²) < 4.78 is 36.3. The predicted octanol–water partition coefficient (Wildman–Crippen LogP) is 8.27. The number of fused-ring (bicyclic) bond motifs is 3. The number of nitrogens with zero attached hydrogens (tertiary/aromatic N) is 2. The number of terminal acetylenes is 1. The van der Waals surface area contributed by atoms with Crippen LogP contribution in [0.15, 0.2) is 52.8 Å². The van der Waals surface area contributed by atoms with E-state index in [0.29, 0.717) is 63.5 Å². The van der Waals surface area contributed by atoms with Crippen molar-refractivity contribution < 1.29 is 63.0 Å². The number of aliphatic hydroxyl groups is 2. The van der Waals surface area contributed by atoms with Crippen LogP contribution in [0.1, 0.15) is 145 Å². The first kappa shape index (κ1) is 60.5. The molecule has 0 unspecified atom stereocenters. The van der Waals surface area contributed by atoms with Crippen LogP contribution in [0.2, 0.25) is 0 Å². The summed E-state index contributed by atoms with van der Waals surface area (Å²) in [6, 6.07) is -1.13. The molecule has 15 nitrogen and oxygen atoms in total. The van der Waals surface area contributed by atoms with Crippen LogP contribution in [0.3, 0.4) is 0 Å². The minimum atomic E-state index is -2.43. The van der Waals surface area contributed by atoms with E-state index in [-0.39, 0.29) is 60.8 Å². The number of cyclic esters (lactones) is 1. The standard InChI is InChI=1S/C57H88N2O13/c1-12-13-14-20-29-70-47-27-25-43(33-50(47)68-10)32-39(5)49-35-45(58-66)38(4)31-41(7)52(61)53(69-11)51(60)40(6)30-36(2)21-16-15-17-22-37(3)48(67-9)34-44-26-24-42(8)57(65,72-44)54(62)55(63)59-28-19-18-23-46(59)56(64)71-49/h1,15-17,21-22,31,36,38-40,42-44,46-50,52-53,61,65-66H,13-14,18-20,23-30,32-35H2,2-11H3/b17-15+,21-16+,37-22+,41-31+,58-45-/t36-,38-,39-,40-,42-,43+,44+,46+,47-,48+,49+,50-,52-,53+,57-/m1/s1. The second-order valence-corrected chi connectivity index (χ2v) is 21.2. The third-order valence-electron chi connectivity index (χ3n) is 15.7. The van der Waals surface area contributed by atoms with Crippen LogP contribution in [0, 0.1) is 47.9 Å². The molecule has 4 aliphatic rings. The van der Waals surface area contributed by atoms with Gasteiger partial charge in [-0.2, -0.15) is 0 Å². The summed E-state index contributed by atoms with van der Waals surface area (Å²) in [7, 11) is 4.67. The van der Waals surface area contributed by atoms with Crippen molar-refractivity contribution >= 4 is 29.2 Å². The highest BCUT2D eigenvalue weighted by Crippen LogP contribution is 2.38. The molecule has 1 aliphatic carbocycles. The number of hydrogen-bond donors (Lipinski definition) is 3. The first-order valence-corrected chi connectivity index (χ1v) is 26.6. The van der Waals surface area contributed by atoms with E-state index >= 15 is 0 Å². The van der Waals surface area contributed by atoms with Crippen molar-refractivity contribution in [1.29, 1.82) is 0 Å². The van der Waals surface area contributed by atoms with Crippen LogP contribution >= 0.6 is 0 Å². The van der Waals surface area contributed by atoms with Crippen molar-refractivity contribution in [3.63, 3.8) is 0 Å². The van der Waals surface area contributed by atoms with Gasteiger partial charge in [0.05, 0.1) is 30.1 Å². The maximum Gasteiger partial charge on any atom is 0.329 e. The number of ether oxygens (including phenoxy) is 6. The number of piperidine rings is 1. The number of allylic oxidation sites excluding steroid dienone is 6. The van der Waals surface area contributed by atoms with Gasteiger partial charge in [0, 0.05) is 71.5 Å². The largest absolute Gasteiger partial charge is 0.460 e. The fraction of sp³-hybridized carbons (Fsp3) is 0.737. The number of hydrogen-bond acceptors (Lipinski definition) is 14. The molecule has 15 atom stereocenters. The number of unbranched alkanes of at least 4 members (excludes halogenated alkanes) is 2. The maximum atomic E-state index is 14.6. The Labute approximate surface area is 430 Å². The zero-order chi connectivity index (χ0) is 53.1. The lowest BCUT2D eigenvalue weighted by Crippen LogP contribution is -2.61. The van der Waals surface area contributed by atoms with E-state index in [4.69, 9.17) is 34.8 Å². The first-order valence-electron chi connectivity index (χ1n) is 26.6. The number of ketones is 2. The minimum Gasteiger partial charge on any atom is -0.460 e. The number of carbonyl (C=O) groups is 4. The third-order valence-corrected chi connectivity index (χ3v) is 15.7. The second kappa shape index (κ2) is 29.8. The van der Waals surface area contributed by atoms with Gasteiger partial charge >= 0.3 is 5.97 Å². The number of amides is 1. The van der Waals surface area contributed by atoms with E-state index in [1.165, 1.54) is 12.0 Å². The Morgan fingerprint density at radius 3 is 2.33 bits per heavy atom. The van der Waals surface area contributed by atoms with Gasteiger partial charge in [0.2, 0.25) is 5.79 Å². The topological polar surface area (TPSA) is 200 Å². The van der Waals surface area contributed by atoms with Crippen molar-refractivity contribution in [1.82, 2.24) is 4.90 Å². The van der Waals surface area contributed by atoms with E-state index < -0.39 is 77.8 Å². The summed E-state index contributed by atoms with van der Waals surface area (Å²) in [6.45, 7) is 13.6. The molecule has 1 amide bonds. The normalized spacial score (nSPS) is 38.1. The van der Waals surface area contributed by atoms with Crippen LogP contribution in [0.4, 0.5) is 0 Å². The van der Waals surface area contributed by atoms with Gasteiger partial charge in [0.1, 0.15) is 24.4 Å². The van der Waals surface area contributed by atoms with Gasteiger partial charge in [-0.1, -0.05) is 76.2 Å². The fourth-order valence-electron chi connectivity index (χ4n) is 11.0. The molecule has 0 spiro atoms. The second-order valence-electron chi connectivity index (χ2n) is 21.2. The lowest BCUT2D eigenvalue weighted by atomic mass is 9.78. The van der Waals surface area contributed by atoms with Crippen LogP contribution < -0.4 is 0 Å². The van der Waals surface area contributed by atoms with Gasteiger partial charge in [-0.05, 0) is 120 Å². The number of aliphatic hydroxyl groups excluding tert-OH is 1. The monoisotopic (exact) mass is 1010 g/mol. The molecule has 4 rings (SSSR count). The molecule has 0 radical (unpaired) electrons. The minimum absolute atomic E-state index is 0.00174. The Kier molecular flexibility index (Phi) is 25.0. The molecule has 3 fully saturated rings. The number of rotatable bonds is 11. The van der Waals surface area contributed by atoms with Crippen molar-refractivity contribution in [2.45, 2.75) is 199 Å². The average molecular weight is 1010 g/mol. The molecule has 0 aromatic rings. The Morgan fingerprint density at radius 1 is 0.903 bits per heavy atom. The maximum absolute atomic E-state index is 14.6. The molecule has 0 aromatic carbocycles. The molecule has 0 aromatic heterocycles. The SMILES string of the molecule is C#CCCCCO[C@@H]1CC[C@@H](C[C@@H](C)[C@@H]2C/C(=N/O)[C@H](C)/C=C(\C)[C@@H](O)[C@@H](OC)C(=O)[C@H](C)C[C@H](C)/C=C/C=C/C=C(\C)[C@@H](OC)C[C@@H]3CC[C@@H](C)[C@@](O)(O3)C(=O)C(=O)N3CCCC[C@H]3C(=O)O2)C[C@H]1OC. The average Bonchev–Trinajstić information content (AvgIpc) is 3.36. The van der Waals surface area contributed by atoms with Gasteiger partial charge in [0.15, 0.2) is 5.78 Å².